The lowest BCUT2D eigenvalue weighted by atomic mass is 10.1. The molecule has 0 aliphatic carbocycles. The van der Waals surface area contributed by atoms with Gasteiger partial charge in [0, 0.05) is 12.6 Å². The van der Waals surface area contributed by atoms with Gasteiger partial charge < -0.3 is 19.8 Å². The van der Waals surface area contributed by atoms with Crippen LogP contribution in [0.1, 0.15) is 10.5 Å². The van der Waals surface area contributed by atoms with Gasteiger partial charge in [0.25, 0.3) is 0 Å². The molecule has 1 heterocycles. The second-order valence-corrected chi connectivity index (χ2v) is 3.92. The van der Waals surface area contributed by atoms with Crippen molar-refractivity contribution in [2.75, 3.05) is 0 Å². The number of aromatic hydroxyl groups is 1. The molecule has 0 saturated heterocycles. The Hall–Kier alpha value is -2.08. The molecule has 2 rings (SSSR count). The van der Waals surface area contributed by atoms with Gasteiger partial charge in [0.1, 0.15) is 5.75 Å². The maximum atomic E-state index is 11.1. The smallest absolute Gasteiger partial charge is 0.354 e. The highest BCUT2D eigenvalue weighted by Crippen LogP contribution is 2.30. The van der Waals surface area contributed by atoms with Gasteiger partial charge in [0.15, 0.2) is 10.5 Å². The lowest BCUT2D eigenvalue weighted by Crippen LogP contribution is -2.01. The number of aromatic nitrogens is 2. The summed E-state index contributed by atoms with van der Waals surface area (Å²) in [5.74, 6) is -1.10. The van der Waals surface area contributed by atoms with Gasteiger partial charge in [-0.05, 0) is 24.4 Å². The van der Waals surface area contributed by atoms with Crippen molar-refractivity contribution in [2.24, 2.45) is 7.05 Å². The van der Waals surface area contributed by atoms with Crippen LogP contribution in [0.2, 0.25) is 0 Å². The molecule has 0 bridgehead atoms. The summed E-state index contributed by atoms with van der Waals surface area (Å²) >= 11 is 4.99. The average molecular weight is 250 g/mol. The number of phenols is 1. The Labute approximate surface area is 102 Å². The Bertz CT molecular complexity index is 642. The van der Waals surface area contributed by atoms with E-state index in [0.29, 0.717) is 16.0 Å². The van der Waals surface area contributed by atoms with Crippen LogP contribution in [0.4, 0.5) is 0 Å². The second kappa shape index (κ2) is 4.06. The number of aromatic amines is 1. The molecule has 5 nitrogen and oxygen atoms in total. The van der Waals surface area contributed by atoms with Crippen LogP contribution < -0.4 is 0 Å². The van der Waals surface area contributed by atoms with E-state index in [9.17, 15) is 9.90 Å². The number of phenolic OH excluding ortho intramolecular Hbond substituents is 1. The third-order valence-electron chi connectivity index (χ3n) is 2.48. The van der Waals surface area contributed by atoms with Crippen LogP contribution in [0, 0.1) is 4.77 Å². The molecule has 0 aliphatic rings. The number of H-pyrrole nitrogens is 1. The van der Waals surface area contributed by atoms with Crippen molar-refractivity contribution in [3.63, 3.8) is 0 Å². The van der Waals surface area contributed by atoms with Crippen molar-refractivity contribution < 1.29 is 15.0 Å². The third-order valence-corrected chi connectivity index (χ3v) is 2.86. The minimum Gasteiger partial charge on any atom is -0.507 e. The molecule has 0 radical (unpaired) electrons. The number of carbonyl (C=O) groups is 1. The van der Waals surface area contributed by atoms with Crippen molar-refractivity contribution in [3.05, 3.63) is 34.7 Å². The first-order valence-electron chi connectivity index (χ1n) is 4.83. The van der Waals surface area contributed by atoms with Crippen molar-refractivity contribution in [1.29, 1.82) is 0 Å². The molecule has 0 amide bonds. The SMILES string of the molecule is Cn1c(-c2ccccc2O)c(C(=O)O)[nH]c1=S. The molecule has 88 valence electrons. The van der Waals surface area contributed by atoms with Crippen molar-refractivity contribution in [3.8, 4) is 17.0 Å². The first kappa shape index (κ1) is 11.4. The van der Waals surface area contributed by atoms with E-state index in [-0.39, 0.29) is 11.4 Å². The lowest BCUT2D eigenvalue weighted by Gasteiger charge is -2.06. The van der Waals surface area contributed by atoms with E-state index < -0.39 is 5.97 Å². The van der Waals surface area contributed by atoms with Crippen molar-refractivity contribution in [2.45, 2.75) is 0 Å². The number of aromatic carboxylic acids is 1. The lowest BCUT2D eigenvalue weighted by molar-refractivity contribution is 0.0692. The monoisotopic (exact) mass is 250 g/mol. The van der Waals surface area contributed by atoms with E-state index in [0.717, 1.165) is 0 Å². The molecule has 0 saturated carbocycles. The van der Waals surface area contributed by atoms with Crippen LogP contribution in [-0.4, -0.2) is 25.7 Å². The van der Waals surface area contributed by atoms with Gasteiger partial charge in [-0.3, -0.25) is 0 Å². The van der Waals surface area contributed by atoms with E-state index in [4.69, 9.17) is 17.3 Å². The van der Waals surface area contributed by atoms with Gasteiger partial charge in [-0.2, -0.15) is 0 Å². The number of carboxylic acids is 1. The van der Waals surface area contributed by atoms with Crippen molar-refractivity contribution >= 4 is 18.2 Å². The van der Waals surface area contributed by atoms with Gasteiger partial charge in [0.05, 0.1) is 5.69 Å². The zero-order valence-corrected chi connectivity index (χ0v) is 9.78. The molecule has 0 aliphatic heterocycles. The molecule has 2 aromatic rings. The van der Waals surface area contributed by atoms with Gasteiger partial charge in [-0.15, -0.1) is 0 Å². The minimum atomic E-state index is -1.12. The number of hydrogen-bond donors (Lipinski definition) is 3. The summed E-state index contributed by atoms with van der Waals surface area (Å²) in [5.41, 5.74) is 0.763. The number of para-hydroxylation sites is 1. The summed E-state index contributed by atoms with van der Waals surface area (Å²) in [5, 5.41) is 18.8. The number of carboxylic acid groups (broad SMARTS) is 1. The van der Waals surface area contributed by atoms with Gasteiger partial charge in [-0.1, -0.05) is 12.1 Å². The maximum absolute atomic E-state index is 11.1. The van der Waals surface area contributed by atoms with Crippen LogP contribution in [0.5, 0.6) is 5.75 Å². The standard InChI is InChI=1S/C11H10N2O3S/c1-13-9(6-4-2-3-5-7(6)14)8(10(15)16)12-11(13)17/h2-5,14H,1H3,(H,12,17)(H,15,16). The molecule has 0 spiro atoms. The number of benzene rings is 1. The fraction of sp³-hybridized carbons (Fsp3) is 0.0909. The molecule has 17 heavy (non-hydrogen) atoms. The summed E-state index contributed by atoms with van der Waals surface area (Å²) in [6.07, 6.45) is 0. The van der Waals surface area contributed by atoms with Gasteiger partial charge in [0.2, 0.25) is 0 Å². The van der Waals surface area contributed by atoms with E-state index in [1.165, 1.54) is 10.6 Å². The molecule has 1 aromatic heterocycles. The maximum Gasteiger partial charge on any atom is 0.354 e. The first-order chi connectivity index (χ1) is 8.02. The second-order valence-electron chi connectivity index (χ2n) is 3.54. The van der Waals surface area contributed by atoms with Gasteiger partial charge >= 0.3 is 5.97 Å². The van der Waals surface area contributed by atoms with E-state index in [1.54, 1.807) is 25.2 Å². The summed E-state index contributed by atoms with van der Waals surface area (Å²) in [6, 6.07) is 6.52. The molecule has 6 heteroatoms. The Balaban J connectivity index is 2.79. The quantitative estimate of drug-likeness (QED) is 0.714. The molecule has 0 atom stereocenters. The largest absolute Gasteiger partial charge is 0.507 e. The minimum absolute atomic E-state index is 0.0135. The highest BCUT2D eigenvalue weighted by molar-refractivity contribution is 7.71. The zero-order valence-electron chi connectivity index (χ0n) is 8.97. The Morgan fingerprint density at radius 1 is 1.41 bits per heavy atom. The molecule has 0 unspecified atom stereocenters. The number of rotatable bonds is 2. The van der Waals surface area contributed by atoms with E-state index in [2.05, 4.69) is 4.98 Å². The summed E-state index contributed by atoms with van der Waals surface area (Å²) in [4.78, 5) is 13.7. The Morgan fingerprint density at radius 2 is 2.06 bits per heavy atom. The number of nitrogens with one attached hydrogen (secondary N) is 1. The van der Waals surface area contributed by atoms with E-state index in [1.807, 2.05) is 0 Å². The normalized spacial score (nSPS) is 10.4. The number of imidazole rings is 1. The highest BCUT2D eigenvalue weighted by atomic mass is 32.1. The van der Waals surface area contributed by atoms with Crippen LogP contribution in [-0.2, 0) is 7.05 Å². The highest BCUT2D eigenvalue weighted by Gasteiger charge is 2.19. The Kier molecular flexibility index (Phi) is 2.72. The molecular weight excluding hydrogens is 240 g/mol. The van der Waals surface area contributed by atoms with Crippen molar-refractivity contribution in [1.82, 2.24) is 9.55 Å². The number of nitrogens with zero attached hydrogens (tertiary/aromatic N) is 1. The summed E-state index contributed by atoms with van der Waals surface area (Å²) in [7, 11) is 1.65. The fourth-order valence-corrected chi connectivity index (χ4v) is 1.86. The average Bonchev–Trinajstić information content (AvgIpc) is 2.57. The van der Waals surface area contributed by atoms with E-state index >= 15 is 0 Å². The first-order valence-corrected chi connectivity index (χ1v) is 5.24. The van der Waals surface area contributed by atoms with Crippen LogP contribution in [0.25, 0.3) is 11.3 Å². The molecular formula is C11H10N2O3S. The van der Waals surface area contributed by atoms with Crippen LogP contribution >= 0.6 is 12.2 Å². The van der Waals surface area contributed by atoms with Crippen LogP contribution in [0.3, 0.4) is 0 Å². The van der Waals surface area contributed by atoms with Gasteiger partial charge in [-0.25, -0.2) is 4.79 Å². The molecule has 3 N–H and O–H groups in total. The fourth-order valence-electron chi connectivity index (χ4n) is 1.66. The third kappa shape index (κ3) is 1.83. The predicted octanol–water partition coefficient (Wildman–Crippen LogP) is 2.15. The van der Waals surface area contributed by atoms with Crippen LogP contribution in [0.15, 0.2) is 24.3 Å². The molecule has 1 aromatic carbocycles. The number of hydrogen-bond acceptors (Lipinski definition) is 3. The summed E-state index contributed by atoms with van der Waals surface area (Å²) < 4.78 is 1.81. The Morgan fingerprint density at radius 3 is 2.65 bits per heavy atom. The predicted molar refractivity (Wildman–Crippen MR) is 64.7 cm³/mol. The topological polar surface area (TPSA) is 78.2 Å². The zero-order chi connectivity index (χ0) is 12.6. The molecule has 0 fully saturated rings. The summed E-state index contributed by atoms with van der Waals surface area (Å²) in [6.45, 7) is 0.